The maximum absolute atomic E-state index is 6.11. The van der Waals surface area contributed by atoms with Gasteiger partial charge in [0.1, 0.15) is 0 Å². The molecule has 0 spiro atoms. The van der Waals surface area contributed by atoms with Crippen molar-refractivity contribution in [1.29, 1.82) is 0 Å². The monoisotopic (exact) mass is 314 g/mol. The lowest BCUT2D eigenvalue weighted by Gasteiger charge is -2.13. The third kappa shape index (κ3) is 3.85. The van der Waals surface area contributed by atoms with Gasteiger partial charge in [-0.2, -0.15) is 0 Å². The molecule has 0 fully saturated rings. The topological polar surface area (TPSA) is 24.9 Å². The lowest BCUT2D eigenvalue weighted by Crippen LogP contribution is -2.09. The van der Waals surface area contributed by atoms with Crippen LogP contribution in [0, 0.1) is 0 Å². The Morgan fingerprint density at radius 2 is 2.00 bits per heavy atom. The highest BCUT2D eigenvalue weighted by molar-refractivity contribution is 7.11. The van der Waals surface area contributed by atoms with Crippen molar-refractivity contribution in [3.8, 4) is 0 Å². The van der Waals surface area contributed by atoms with E-state index in [0.29, 0.717) is 16.6 Å². The number of aromatic nitrogens is 1. The molecule has 0 radical (unpaired) electrons. The quantitative estimate of drug-likeness (QED) is 0.825. The third-order valence-electron chi connectivity index (χ3n) is 2.58. The van der Waals surface area contributed by atoms with E-state index in [4.69, 9.17) is 23.2 Å². The average Bonchev–Trinajstić information content (AvgIpc) is 2.79. The van der Waals surface area contributed by atoms with Crippen LogP contribution in [-0.4, -0.2) is 4.98 Å². The van der Waals surface area contributed by atoms with E-state index >= 15 is 0 Å². The highest BCUT2D eigenvalue weighted by atomic mass is 35.5. The number of thiazole rings is 1. The minimum absolute atomic E-state index is 0.0939. The summed E-state index contributed by atoms with van der Waals surface area (Å²) >= 11 is 13.8. The van der Waals surface area contributed by atoms with E-state index in [9.17, 15) is 0 Å². The van der Waals surface area contributed by atoms with Gasteiger partial charge in [-0.3, -0.25) is 0 Å². The molecule has 1 aromatic carbocycles. The molecule has 19 heavy (non-hydrogen) atoms. The van der Waals surface area contributed by atoms with E-state index in [-0.39, 0.29) is 5.41 Å². The molecule has 0 aliphatic carbocycles. The van der Waals surface area contributed by atoms with Gasteiger partial charge in [0.25, 0.3) is 0 Å². The van der Waals surface area contributed by atoms with Crippen LogP contribution in [0.25, 0.3) is 0 Å². The van der Waals surface area contributed by atoms with Crippen molar-refractivity contribution < 1.29 is 0 Å². The molecule has 0 saturated heterocycles. The highest BCUT2D eigenvalue weighted by Crippen LogP contribution is 2.29. The minimum atomic E-state index is 0.0939. The van der Waals surface area contributed by atoms with Crippen LogP contribution < -0.4 is 5.32 Å². The van der Waals surface area contributed by atoms with Crippen molar-refractivity contribution in [3.63, 3.8) is 0 Å². The molecule has 2 rings (SSSR count). The summed E-state index contributed by atoms with van der Waals surface area (Å²) in [5.74, 6) is 0. The standard InChI is InChI=1S/C14H16Cl2N2S/c1-14(2,3)13-18-8-10(19-13)7-17-12-6-9(15)4-5-11(12)16/h4-6,8,17H,7H2,1-3H3. The molecule has 0 amide bonds. The molecule has 0 aliphatic rings. The van der Waals surface area contributed by atoms with Crippen LogP contribution >= 0.6 is 34.5 Å². The molecule has 1 N–H and O–H groups in total. The van der Waals surface area contributed by atoms with Crippen molar-refractivity contribution in [3.05, 3.63) is 44.3 Å². The lowest BCUT2D eigenvalue weighted by atomic mass is 9.98. The van der Waals surface area contributed by atoms with E-state index in [0.717, 1.165) is 10.7 Å². The van der Waals surface area contributed by atoms with Gasteiger partial charge in [-0.15, -0.1) is 11.3 Å². The normalized spacial score (nSPS) is 11.6. The number of hydrogen-bond donors (Lipinski definition) is 1. The summed E-state index contributed by atoms with van der Waals surface area (Å²) in [4.78, 5) is 5.64. The Morgan fingerprint density at radius 1 is 1.26 bits per heavy atom. The van der Waals surface area contributed by atoms with Gasteiger partial charge in [0.05, 0.1) is 22.3 Å². The molecular formula is C14H16Cl2N2S. The first-order valence-electron chi connectivity index (χ1n) is 6.00. The second kappa shape index (κ2) is 5.70. The summed E-state index contributed by atoms with van der Waals surface area (Å²) < 4.78 is 0. The maximum Gasteiger partial charge on any atom is 0.0981 e. The van der Waals surface area contributed by atoms with Crippen LogP contribution in [0.4, 0.5) is 5.69 Å². The molecule has 5 heteroatoms. The second-order valence-corrected chi connectivity index (χ2v) is 7.32. The smallest absolute Gasteiger partial charge is 0.0981 e. The molecule has 0 bridgehead atoms. The molecule has 1 heterocycles. The minimum Gasteiger partial charge on any atom is -0.379 e. The molecule has 2 nitrogen and oxygen atoms in total. The van der Waals surface area contributed by atoms with Gasteiger partial charge in [-0.25, -0.2) is 4.98 Å². The van der Waals surface area contributed by atoms with Gasteiger partial charge in [-0.05, 0) is 18.2 Å². The zero-order valence-corrected chi connectivity index (χ0v) is 13.5. The number of nitrogens with one attached hydrogen (secondary N) is 1. The van der Waals surface area contributed by atoms with Gasteiger partial charge in [0.15, 0.2) is 0 Å². The summed E-state index contributed by atoms with van der Waals surface area (Å²) in [7, 11) is 0. The fourth-order valence-corrected chi connectivity index (χ4v) is 2.82. The molecule has 2 aromatic rings. The van der Waals surface area contributed by atoms with Crippen molar-refractivity contribution in [2.75, 3.05) is 5.32 Å². The van der Waals surface area contributed by atoms with Gasteiger partial charge in [-0.1, -0.05) is 44.0 Å². The fourth-order valence-electron chi connectivity index (χ4n) is 1.55. The maximum atomic E-state index is 6.11. The van der Waals surface area contributed by atoms with Gasteiger partial charge < -0.3 is 5.32 Å². The van der Waals surface area contributed by atoms with E-state index in [2.05, 4.69) is 31.1 Å². The molecule has 102 valence electrons. The van der Waals surface area contributed by atoms with E-state index in [1.165, 1.54) is 4.88 Å². The zero-order chi connectivity index (χ0) is 14.0. The zero-order valence-electron chi connectivity index (χ0n) is 11.1. The summed E-state index contributed by atoms with van der Waals surface area (Å²) in [6, 6.07) is 5.40. The van der Waals surface area contributed by atoms with Crippen molar-refractivity contribution in [2.45, 2.75) is 32.7 Å². The predicted octanol–water partition coefficient (Wildman–Crippen LogP) is 5.36. The lowest BCUT2D eigenvalue weighted by molar-refractivity contribution is 0.585. The Bertz CT molecular complexity index is 573. The van der Waals surface area contributed by atoms with Crippen molar-refractivity contribution >= 4 is 40.2 Å². The third-order valence-corrected chi connectivity index (χ3v) is 4.56. The predicted molar refractivity (Wildman–Crippen MR) is 84.6 cm³/mol. The highest BCUT2D eigenvalue weighted by Gasteiger charge is 2.17. The average molecular weight is 315 g/mol. The number of nitrogens with zero attached hydrogens (tertiary/aromatic N) is 1. The van der Waals surface area contributed by atoms with E-state index in [1.807, 2.05) is 12.3 Å². The van der Waals surface area contributed by atoms with Crippen LogP contribution in [0.15, 0.2) is 24.4 Å². The molecular weight excluding hydrogens is 299 g/mol. The number of anilines is 1. The first-order chi connectivity index (χ1) is 8.86. The molecule has 1 aromatic heterocycles. The SMILES string of the molecule is CC(C)(C)c1ncc(CNc2cc(Cl)ccc2Cl)s1. The Labute approximate surface area is 127 Å². The summed E-state index contributed by atoms with van der Waals surface area (Å²) in [6.07, 6.45) is 1.91. The molecule has 0 unspecified atom stereocenters. The van der Waals surface area contributed by atoms with Crippen LogP contribution in [0.5, 0.6) is 0 Å². The number of benzene rings is 1. The summed E-state index contributed by atoms with van der Waals surface area (Å²) in [5, 5.41) is 5.77. The van der Waals surface area contributed by atoms with Gasteiger partial charge >= 0.3 is 0 Å². The van der Waals surface area contributed by atoms with E-state index < -0.39 is 0 Å². The van der Waals surface area contributed by atoms with Crippen LogP contribution in [0.3, 0.4) is 0 Å². The van der Waals surface area contributed by atoms with Crippen LogP contribution in [0.1, 0.15) is 30.7 Å². The first kappa shape index (κ1) is 14.6. The summed E-state index contributed by atoms with van der Waals surface area (Å²) in [6.45, 7) is 7.19. The number of hydrogen-bond acceptors (Lipinski definition) is 3. The number of rotatable bonds is 3. The van der Waals surface area contributed by atoms with Crippen LogP contribution in [-0.2, 0) is 12.0 Å². The Balaban J connectivity index is 2.06. The second-order valence-electron chi connectivity index (χ2n) is 5.36. The number of halogens is 2. The molecule has 0 atom stereocenters. The van der Waals surface area contributed by atoms with Crippen molar-refractivity contribution in [2.24, 2.45) is 0 Å². The Morgan fingerprint density at radius 3 is 2.63 bits per heavy atom. The first-order valence-corrected chi connectivity index (χ1v) is 7.57. The Hall–Kier alpha value is -0.770. The van der Waals surface area contributed by atoms with Gasteiger partial charge in [0, 0.05) is 21.5 Å². The van der Waals surface area contributed by atoms with Gasteiger partial charge in [0.2, 0.25) is 0 Å². The summed E-state index contributed by atoms with van der Waals surface area (Å²) in [5.41, 5.74) is 0.941. The van der Waals surface area contributed by atoms with Crippen molar-refractivity contribution in [1.82, 2.24) is 4.98 Å². The fraction of sp³-hybridized carbons (Fsp3) is 0.357. The largest absolute Gasteiger partial charge is 0.379 e. The van der Waals surface area contributed by atoms with E-state index in [1.54, 1.807) is 23.5 Å². The molecule has 0 aliphatic heterocycles. The molecule has 0 saturated carbocycles. The van der Waals surface area contributed by atoms with Crippen LogP contribution in [0.2, 0.25) is 10.0 Å². The Kier molecular flexibility index (Phi) is 4.39.